The SMILES string of the molecule is CCNC(CN(CC)CC1CCC1)c1cccc(C)c1. The van der Waals surface area contributed by atoms with Crippen LogP contribution in [0.3, 0.4) is 0 Å². The standard InChI is InChI=1S/C18H30N2/c1-4-19-18(17-11-6-8-15(3)12-17)14-20(5-2)13-16-9-7-10-16/h6,8,11-12,16,18-19H,4-5,7,9-10,13-14H2,1-3H3. The smallest absolute Gasteiger partial charge is 0.0449 e. The van der Waals surface area contributed by atoms with Gasteiger partial charge in [-0.25, -0.2) is 0 Å². The van der Waals surface area contributed by atoms with Gasteiger partial charge in [0.1, 0.15) is 0 Å². The van der Waals surface area contributed by atoms with Gasteiger partial charge in [-0.3, -0.25) is 0 Å². The number of rotatable bonds is 8. The molecule has 20 heavy (non-hydrogen) atoms. The maximum absolute atomic E-state index is 3.66. The van der Waals surface area contributed by atoms with E-state index in [1.807, 2.05) is 0 Å². The zero-order valence-corrected chi connectivity index (χ0v) is 13.4. The quantitative estimate of drug-likeness (QED) is 0.776. The Morgan fingerprint density at radius 3 is 2.65 bits per heavy atom. The predicted octanol–water partition coefficient (Wildman–Crippen LogP) is 3.77. The lowest BCUT2D eigenvalue weighted by Gasteiger charge is -2.34. The second kappa shape index (κ2) is 7.80. The summed E-state index contributed by atoms with van der Waals surface area (Å²) in [6.45, 7) is 11.3. The van der Waals surface area contributed by atoms with Gasteiger partial charge in [-0.15, -0.1) is 0 Å². The van der Waals surface area contributed by atoms with Crippen molar-refractivity contribution in [3.63, 3.8) is 0 Å². The van der Waals surface area contributed by atoms with Crippen molar-refractivity contribution in [2.45, 2.75) is 46.1 Å². The Morgan fingerprint density at radius 2 is 2.10 bits per heavy atom. The van der Waals surface area contributed by atoms with E-state index in [-0.39, 0.29) is 0 Å². The van der Waals surface area contributed by atoms with Crippen LogP contribution in [0.4, 0.5) is 0 Å². The highest BCUT2D eigenvalue weighted by Crippen LogP contribution is 2.27. The Kier molecular flexibility index (Phi) is 6.06. The van der Waals surface area contributed by atoms with Gasteiger partial charge >= 0.3 is 0 Å². The molecule has 2 rings (SSSR count). The molecule has 1 aromatic carbocycles. The zero-order valence-electron chi connectivity index (χ0n) is 13.4. The Labute approximate surface area is 124 Å². The van der Waals surface area contributed by atoms with E-state index in [1.54, 1.807) is 0 Å². The van der Waals surface area contributed by atoms with Gasteiger partial charge in [0.05, 0.1) is 0 Å². The number of benzene rings is 1. The molecule has 0 spiro atoms. The number of hydrogen-bond acceptors (Lipinski definition) is 2. The molecule has 2 heteroatoms. The minimum atomic E-state index is 0.458. The van der Waals surface area contributed by atoms with Crippen molar-refractivity contribution >= 4 is 0 Å². The van der Waals surface area contributed by atoms with E-state index in [9.17, 15) is 0 Å². The molecule has 0 aromatic heterocycles. The van der Waals surface area contributed by atoms with Gasteiger partial charge in [0.15, 0.2) is 0 Å². The average Bonchev–Trinajstić information content (AvgIpc) is 2.40. The van der Waals surface area contributed by atoms with Crippen LogP contribution in [0.15, 0.2) is 24.3 Å². The minimum absolute atomic E-state index is 0.458. The summed E-state index contributed by atoms with van der Waals surface area (Å²) in [6.07, 6.45) is 4.32. The van der Waals surface area contributed by atoms with E-state index in [0.717, 1.165) is 25.6 Å². The van der Waals surface area contributed by atoms with E-state index in [2.05, 4.69) is 55.3 Å². The number of nitrogens with zero attached hydrogens (tertiary/aromatic N) is 1. The van der Waals surface area contributed by atoms with Gasteiger partial charge in [-0.1, -0.05) is 50.1 Å². The summed E-state index contributed by atoms with van der Waals surface area (Å²) in [5.41, 5.74) is 2.78. The second-order valence-electron chi connectivity index (χ2n) is 6.17. The van der Waals surface area contributed by atoms with Gasteiger partial charge in [0.2, 0.25) is 0 Å². The lowest BCUT2D eigenvalue weighted by Crippen LogP contribution is -2.39. The molecule has 0 aliphatic heterocycles. The normalized spacial score (nSPS) is 17.2. The molecule has 1 aliphatic rings. The fourth-order valence-corrected chi connectivity index (χ4v) is 3.05. The Morgan fingerprint density at radius 1 is 1.30 bits per heavy atom. The predicted molar refractivity (Wildman–Crippen MR) is 87.1 cm³/mol. The summed E-state index contributed by atoms with van der Waals surface area (Å²) in [6, 6.07) is 9.40. The monoisotopic (exact) mass is 274 g/mol. The zero-order chi connectivity index (χ0) is 14.4. The summed E-state index contributed by atoms with van der Waals surface area (Å²) < 4.78 is 0. The first-order valence-electron chi connectivity index (χ1n) is 8.25. The summed E-state index contributed by atoms with van der Waals surface area (Å²) >= 11 is 0. The number of aryl methyl sites for hydroxylation is 1. The molecule has 0 amide bonds. The van der Waals surface area contributed by atoms with Crippen molar-refractivity contribution < 1.29 is 0 Å². The van der Waals surface area contributed by atoms with Crippen LogP contribution in [0.2, 0.25) is 0 Å². The van der Waals surface area contributed by atoms with E-state index < -0.39 is 0 Å². The van der Waals surface area contributed by atoms with Crippen molar-refractivity contribution in [2.24, 2.45) is 5.92 Å². The van der Waals surface area contributed by atoms with Gasteiger partial charge in [-0.2, -0.15) is 0 Å². The third kappa shape index (κ3) is 4.32. The van der Waals surface area contributed by atoms with Crippen molar-refractivity contribution in [2.75, 3.05) is 26.2 Å². The van der Waals surface area contributed by atoms with Gasteiger partial charge in [0, 0.05) is 19.1 Å². The van der Waals surface area contributed by atoms with Crippen LogP contribution in [0.1, 0.15) is 50.3 Å². The lowest BCUT2D eigenvalue weighted by molar-refractivity contribution is 0.170. The first-order chi connectivity index (χ1) is 9.72. The van der Waals surface area contributed by atoms with Gasteiger partial charge < -0.3 is 10.2 Å². The van der Waals surface area contributed by atoms with E-state index in [0.29, 0.717) is 6.04 Å². The van der Waals surface area contributed by atoms with Crippen molar-refractivity contribution in [3.8, 4) is 0 Å². The fourth-order valence-electron chi connectivity index (χ4n) is 3.05. The Hall–Kier alpha value is -0.860. The third-order valence-corrected chi connectivity index (χ3v) is 4.52. The summed E-state index contributed by atoms with van der Waals surface area (Å²) in [5, 5.41) is 3.66. The van der Waals surface area contributed by atoms with Crippen LogP contribution in [0, 0.1) is 12.8 Å². The molecule has 1 aromatic rings. The molecule has 0 heterocycles. The third-order valence-electron chi connectivity index (χ3n) is 4.52. The molecule has 1 fully saturated rings. The van der Waals surface area contributed by atoms with Crippen LogP contribution >= 0.6 is 0 Å². The molecule has 2 nitrogen and oxygen atoms in total. The maximum atomic E-state index is 3.66. The summed E-state index contributed by atoms with van der Waals surface area (Å²) in [4.78, 5) is 2.62. The topological polar surface area (TPSA) is 15.3 Å². The highest BCUT2D eigenvalue weighted by molar-refractivity contribution is 5.25. The molecule has 0 radical (unpaired) electrons. The van der Waals surface area contributed by atoms with Gasteiger partial charge in [-0.05, 0) is 44.3 Å². The number of likely N-dealkylation sites (N-methyl/N-ethyl adjacent to an activating group) is 2. The van der Waals surface area contributed by atoms with Crippen LogP contribution in [0.25, 0.3) is 0 Å². The van der Waals surface area contributed by atoms with E-state index >= 15 is 0 Å². The lowest BCUT2D eigenvalue weighted by atomic mass is 9.85. The highest BCUT2D eigenvalue weighted by Gasteiger charge is 2.22. The fraction of sp³-hybridized carbons (Fsp3) is 0.667. The van der Waals surface area contributed by atoms with Crippen LogP contribution in [-0.2, 0) is 0 Å². The molecular formula is C18H30N2. The molecule has 0 saturated heterocycles. The molecule has 112 valence electrons. The Balaban J connectivity index is 1.99. The molecule has 1 saturated carbocycles. The van der Waals surface area contributed by atoms with Crippen molar-refractivity contribution in [1.82, 2.24) is 10.2 Å². The van der Waals surface area contributed by atoms with Crippen LogP contribution < -0.4 is 5.32 Å². The highest BCUT2D eigenvalue weighted by atomic mass is 15.1. The van der Waals surface area contributed by atoms with Crippen LogP contribution in [-0.4, -0.2) is 31.1 Å². The molecule has 1 N–H and O–H groups in total. The average molecular weight is 274 g/mol. The van der Waals surface area contributed by atoms with E-state index in [4.69, 9.17) is 0 Å². The number of hydrogen-bond donors (Lipinski definition) is 1. The summed E-state index contributed by atoms with van der Waals surface area (Å²) in [5.74, 6) is 0.953. The Bertz CT molecular complexity index is 398. The van der Waals surface area contributed by atoms with Gasteiger partial charge in [0.25, 0.3) is 0 Å². The molecule has 1 atom stereocenters. The minimum Gasteiger partial charge on any atom is -0.309 e. The molecule has 0 bridgehead atoms. The molecular weight excluding hydrogens is 244 g/mol. The first kappa shape index (κ1) is 15.5. The molecule has 1 unspecified atom stereocenters. The second-order valence-corrected chi connectivity index (χ2v) is 6.17. The first-order valence-corrected chi connectivity index (χ1v) is 8.25. The largest absolute Gasteiger partial charge is 0.309 e. The van der Waals surface area contributed by atoms with E-state index in [1.165, 1.54) is 36.9 Å². The summed E-state index contributed by atoms with van der Waals surface area (Å²) in [7, 11) is 0. The number of nitrogens with one attached hydrogen (secondary N) is 1. The van der Waals surface area contributed by atoms with Crippen molar-refractivity contribution in [3.05, 3.63) is 35.4 Å². The molecule has 1 aliphatic carbocycles. The van der Waals surface area contributed by atoms with Crippen molar-refractivity contribution in [1.29, 1.82) is 0 Å². The maximum Gasteiger partial charge on any atom is 0.0449 e. The van der Waals surface area contributed by atoms with Crippen LogP contribution in [0.5, 0.6) is 0 Å².